The topological polar surface area (TPSA) is 21.3 Å². The maximum atomic E-state index is 5.76. The van der Waals surface area contributed by atoms with Gasteiger partial charge in [-0.05, 0) is 43.5 Å². The Morgan fingerprint density at radius 1 is 1.33 bits per heavy atom. The summed E-state index contributed by atoms with van der Waals surface area (Å²) >= 11 is 5.60. The summed E-state index contributed by atoms with van der Waals surface area (Å²) in [5.41, 5.74) is 2.59. The van der Waals surface area contributed by atoms with E-state index >= 15 is 0 Å². The first-order valence-corrected chi connectivity index (χ1v) is 7.91. The molecule has 82 valence electrons. The lowest BCUT2D eigenvalue weighted by atomic mass is 10.1. The van der Waals surface area contributed by atoms with Crippen LogP contribution < -0.4 is 10.4 Å². The third-order valence-electron chi connectivity index (χ3n) is 2.74. The maximum absolute atomic E-state index is 5.76. The SMILES string of the molecule is Cc1ccc([P+]2([S-])NCCCO2)cc1C. The number of hydrogen-bond donors (Lipinski definition) is 1. The summed E-state index contributed by atoms with van der Waals surface area (Å²) in [5, 5.41) is 4.52. The number of aryl methyl sites for hydroxylation is 2. The zero-order valence-electron chi connectivity index (χ0n) is 9.12. The molecule has 1 aliphatic heterocycles. The van der Waals surface area contributed by atoms with Crippen LogP contribution in [0.5, 0.6) is 0 Å². The highest BCUT2D eigenvalue weighted by molar-refractivity contribution is 8.42. The second-order valence-electron chi connectivity index (χ2n) is 3.91. The number of nitrogens with one attached hydrogen (secondary N) is 1. The summed E-state index contributed by atoms with van der Waals surface area (Å²) in [4.78, 5) is 0. The highest BCUT2D eigenvalue weighted by atomic mass is 32.7. The standard InChI is InChI=1S/C11H16NOPS/c1-9-4-5-11(8-10(9)2)14(15)12-6-3-7-13-14/h4-5,8H,3,6-7H2,1-2H3,(H,12,15). The Balaban J connectivity index is 2.31. The zero-order chi connectivity index (χ0) is 10.9. The van der Waals surface area contributed by atoms with Crippen LogP contribution in [0.4, 0.5) is 0 Å². The van der Waals surface area contributed by atoms with E-state index in [-0.39, 0.29) is 0 Å². The molecule has 0 saturated carbocycles. The fraction of sp³-hybridized carbons (Fsp3) is 0.455. The van der Waals surface area contributed by atoms with Crippen LogP contribution in [-0.4, -0.2) is 13.2 Å². The summed E-state index contributed by atoms with van der Waals surface area (Å²) in [5.74, 6) is 0. The summed E-state index contributed by atoms with van der Waals surface area (Å²) in [6.45, 7) is 4.07. The van der Waals surface area contributed by atoms with Crippen molar-refractivity contribution in [1.29, 1.82) is 0 Å². The molecule has 0 bridgehead atoms. The Morgan fingerprint density at radius 3 is 2.73 bits per heavy atom. The van der Waals surface area contributed by atoms with Gasteiger partial charge in [-0.15, -0.1) is 0 Å². The molecule has 0 amide bonds. The van der Waals surface area contributed by atoms with Crippen LogP contribution in [-0.2, 0) is 16.8 Å². The molecule has 0 radical (unpaired) electrons. The quantitative estimate of drug-likeness (QED) is 0.602. The summed E-state index contributed by atoms with van der Waals surface area (Å²) < 4.78 is 5.76. The van der Waals surface area contributed by atoms with Gasteiger partial charge in [0.15, 0.2) is 0 Å². The molecule has 1 unspecified atom stereocenters. The van der Waals surface area contributed by atoms with Gasteiger partial charge in [0.2, 0.25) is 0 Å². The second-order valence-corrected chi connectivity index (χ2v) is 7.65. The first-order valence-electron chi connectivity index (χ1n) is 5.19. The molecule has 15 heavy (non-hydrogen) atoms. The lowest BCUT2D eigenvalue weighted by molar-refractivity contribution is 0.318. The van der Waals surface area contributed by atoms with Gasteiger partial charge in [0.1, 0.15) is 12.1 Å². The van der Waals surface area contributed by atoms with Crippen LogP contribution in [0.1, 0.15) is 17.5 Å². The van der Waals surface area contributed by atoms with Crippen molar-refractivity contribution in [3.63, 3.8) is 0 Å². The normalized spacial score (nSPS) is 26.6. The summed E-state index contributed by atoms with van der Waals surface area (Å²) in [7, 11) is 0. The maximum Gasteiger partial charge on any atom is 0.126 e. The van der Waals surface area contributed by atoms with Crippen molar-refractivity contribution >= 4 is 24.4 Å². The fourth-order valence-corrected chi connectivity index (χ4v) is 4.35. The minimum atomic E-state index is -1.93. The molecule has 1 aromatic carbocycles. The van der Waals surface area contributed by atoms with Crippen molar-refractivity contribution in [2.75, 3.05) is 13.2 Å². The van der Waals surface area contributed by atoms with Gasteiger partial charge in [-0.3, -0.25) is 0 Å². The van der Waals surface area contributed by atoms with Crippen LogP contribution in [0.25, 0.3) is 0 Å². The highest BCUT2D eigenvalue weighted by Gasteiger charge is 2.31. The largest absolute Gasteiger partial charge is 0.500 e. The van der Waals surface area contributed by atoms with Crippen molar-refractivity contribution < 1.29 is 4.52 Å². The molecule has 1 aliphatic rings. The molecule has 1 fully saturated rings. The molecule has 1 saturated heterocycles. The third kappa shape index (κ3) is 2.36. The smallest absolute Gasteiger partial charge is 0.126 e. The molecule has 0 spiro atoms. The van der Waals surface area contributed by atoms with E-state index in [1.807, 2.05) is 0 Å². The van der Waals surface area contributed by atoms with Crippen molar-refractivity contribution in [3.05, 3.63) is 29.3 Å². The number of hydrogen-bond acceptors (Lipinski definition) is 3. The molecule has 4 heteroatoms. The van der Waals surface area contributed by atoms with Gasteiger partial charge in [0, 0.05) is 6.54 Å². The Hall–Kier alpha value is -0.0800. The van der Waals surface area contributed by atoms with Crippen molar-refractivity contribution in [1.82, 2.24) is 5.09 Å². The van der Waals surface area contributed by atoms with E-state index in [4.69, 9.17) is 16.8 Å². The second kappa shape index (κ2) is 4.42. The van der Waals surface area contributed by atoms with Crippen molar-refractivity contribution in [2.24, 2.45) is 0 Å². The van der Waals surface area contributed by atoms with Gasteiger partial charge in [-0.1, -0.05) is 6.07 Å². The molecular weight excluding hydrogens is 225 g/mol. The Bertz CT molecular complexity index is 364. The molecule has 2 rings (SSSR count). The van der Waals surface area contributed by atoms with Gasteiger partial charge >= 0.3 is 0 Å². The van der Waals surface area contributed by atoms with Crippen LogP contribution >= 0.6 is 6.84 Å². The average Bonchev–Trinajstić information content (AvgIpc) is 2.23. The lowest BCUT2D eigenvalue weighted by Gasteiger charge is -2.34. The minimum Gasteiger partial charge on any atom is -0.500 e. The molecule has 1 N–H and O–H groups in total. The van der Waals surface area contributed by atoms with Gasteiger partial charge in [0.05, 0.1) is 6.61 Å². The lowest BCUT2D eigenvalue weighted by Crippen LogP contribution is -2.31. The van der Waals surface area contributed by atoms with Crippen molar-refractivity contribution in [2.45, 2.75) is 20.3 Å². The Morgan fingerprint density at radius 2 is 2.13 bits per heavy atom. The molecule has 1 aromatic rings. The van der Waals surface area contributed by atoms with E-state index in [0.717, 1.165) is 24.9 Å². The van der Waals surface area contributed by atoms with Crippen LogP contribution in [0.3, 0.4) is 0 Å². The van der Waals surface area contributed by atoms with E-state index in [0.29, 0.717) is 0 Å². The van der Waals surface area contributed by atoms with Gasteiger partial charge in [0.25, 0.3) is 0 Å². The molecular formula is C11H16NOPS. The van der Waals surface area contributed by atoms with E-state index in [2.05, 4.69) is 37.1 Å². The predicted octanol–water partition coefficient (Wildman–Crippen LogP) is 2.25. The molecule has 1 atom stereocenters. The molecule has 2 nitrogen and oxygen atoms in total. The van der Waals surface area contributed by atoms with Gasteiger partial charge < -0.3 is 12.2 Å². The Labute approximate surface area is 97.0 Å². The number of benzene rings is 1. The summed E-state index contributed by atoms with van der Waals surface area (Å²) in [6, 6.07) is 6.38. The van der Waals surface area contributed by atoms with E-state index in [9.17, 15) is 0 Å². The van der Waals surface area contributed by atoms with E-state index in [1.54, 1.807) is 0 Å². The fourth-order valence-electron chi connectivity index (χ4n) is 1.61. The van der Waals surface area contributed by atoms with Crippen LogP contribution in [0.2, 0.25) is 0 Å². The first-order chi connectivity index (χ1) is 7.12. The van der Waals surface area contributed by atoms with Gasteiger partial charge in [-0.25, -0.2) is 4.52 Å². The zero-order valence-corrected chi connectivity index (χ0v) is 10.8. The molecule has 1 heterocycles. The molecule has 0 aromatic heterocycles. The van der Waals surface area contributed by atoms with Gasteiger partial charge in [-0.2, -0.15) is 5.09 Å². The van der Waals surface area contributed by atoms with Crippen LogP contribution in [0, 0.1) is 13.8 Å². The summed E-state index contributed by atoms with van der Waals surface area (Å²) in [6.07, 6.45) is 1.06. The first kappa shape index (κ1) is 11.4. The monoisotopic (exact) mass is 241 g/mol. The average molecular weight is 241 g/mol. The predicted molar refractivity (Wildman–Crippen MR) is 68.4 cm³/mol. The van der Waals surface area contributed by atoms with Crippen LogP contribution in [0.15, 0.2) is 18.2 Å². The third-order valence-corrected chi connectivity index (χ3v) is 6.22. The number of rotatable bonds is 1. The Kier molecular flexibility index (Phi) is 3.36. The van der Waals surface area contributed by atoms with E-state index in [1.165, 1.54) is 11.1 Å². The minimum absolute atomic E-state index is 0.789. The molecule has 0 aliphatic carbocycles. The van der Waals surface area contributed by atoms with Crippen molar-refractivity contribution in [3.8, 4) is 0 Å². The highest BCUT2D eigenvalue weighted by Crippen LogP contribution is 2.53. The van der Waals surface area contributed by atoms with E-state index < -0.39 is 6.84 Å².